The number of hydrogen-bond donors (Lipinski definition) is 2. The van der Waals surface area contributed by atoms with Gasteiger partial charge in [0.2, 0.25) is 0 Å². The van der Waals surface area contributed by atoms with Gasteiger partial charge in [-0.05, 0) is 52.7 Å². The molecule has 2 rings (SSSR count). The summed E-state index contributed by atoms with van der Waals surface area (Å²) in [5, 5.41) is 3.31. The van der Waals surface area contributed by atoms with Crippen LogP contribution in [0.25, 0.3) is 0 Å². The number of nitrogens with one attached hydrogen (secondary N) is 1. The van der Waals surface area contributed by atoms with Crippen LogP contribution in [0.15, 0.2) is 45.2 Å². The van der Waals surface area contributed by atoms with Crippen LogP contribution in [-0.2, 0) is 17.9 Å². The molecule has 0 radical (unpaired) electrons. The molecule has 140 valence electrons. The molecular weight excluding hydrogens is 416 g/mol. The van der Waals surface area contributed by atoms with Crippen LogP contribution in [0.4, 0.5) is 0 Å². The number of nitrogens with zero attached hydrogens (tertiary/aromatic N) is 2. The summed E-state index contributed by atoms with van der Waals surface area (Å²) >= 11 is 5.21. The first-order valence-electron chi connectivity index (χ1n) is 8.21. The van der Waals surface area contributed by atoms with Crippen LogP contribution in [0.3, 0.4) is 0 Å². The molecule has 1 amide bonds. The maximum absolute atomic E-state index is 10.8. The Morgan fingerprint density at radius 2 is 2.19 bits per heavy atom. The molecule has 0 fully saturated rings. The van der Waals surface area contributed by atoms with E-state index in [-0.39, 0.29) is 6.61 Å². The Morgan fingerprint density at radius 3 is 2.85 bits per heavy atom. The van der Waals surface area contributed by atoms with E-state index in [0.29, 0.717) is 12.3 Å². The average Bonchev–Trinajstić information content (AvgIpc) is 3.01. The maximum Gasteiger partial charge on any atom is 0.255 e. The third kappa shape index (κ3) is 6.68. The van der Waals surface area contributed by atoms with Gasteiger partial charge in [0.25, 0.3) is 5.91 Å². The van der Waals surface area contributed by atoms with Gasteiger partial charge in [-0.15, -0.1) is 11.3 Å². The van der Waals surface area contributed by atoms with Crippen molar-refractivity contribution in [2.24, 2.45) is 10.7 Å². The lowest BCUT2D eigenvalue weighted by Gasteiger charge is -2.21. The Labute approximate surface area is 166 Å². The number of carbonyl (C=O) groups excluding carboxylic acids is 1. The number of thiophene rings is 1. The van der Waals surface area contributed by atoms with E-state index in [0.717, 1.165) is 28.4 Å². The molecule has 8 heteroatoms. The van der Waals surface area contributed by atoms with Gasteiger partial charge >= 0.3 is 0 Å². The van der Waals surface area contributed by atoms with Crippen molar-refractivity contribution < 1.29 is 9.53 Å². The van der Waals surface area contributed by atoms with Gasteiger partial charge in [-0.25, -0.2) is 4.99 Å². The molecule has 0 bridgehead atoms. The zero-order chi connectivity index (χ0) is 18.9. The number of hydrogen-bond acceptors (Lipinski definition) is 4. The van der Waals surface area contributed by atoms with Gasteiger partial charge in [-0.3, -0.25) is 4.79 Å². The lowest BCUT2D eigenvalue weighted by atomic mass is 10.2. The van der Waals surface area contributed by atoms with E-state index in [4.69, 9.17) is 15.5 Å². The molecule has 2 aromatic rings. The van der Waals surface area contributed by atoms with Gasteiger partial charge in [0.05, 0.1) is 16.9 Å². The number of carbonyl (C=O) groups is 1. The number of ether oxygens (including phenoxy) is 1. The molecular formula is C18H23BrN4O2S. The zero-order valence-electron chi connectivity index (χ0n) is 14.9. The van der Waals surface area contributed by atoms with E-state index < -0.39 is 5.91 Å². The predicted molar refractivity (Wildman–Crippen MR) is 109 cm³/mol. The fourth-order valence-electron chi connectivity index (χ4n) is 2.27. The first-order valence-corrected chi connectivity index (χ1v) is 9.82. The van der Waals surface area contributed by atoms with Crippen molar-refractivity contribution in [2.45, 2.75) is 20.0 Å². The number of halogens is 1. The highest BCUT2D eigenvalue weighted by Crippen LogP contribution is 2.23. The SMILES string of the molecule is CCNC(=NCc1cccc(OCC(N)=O)c1)N(C)Cc1ccc(Br)s1. The van der Waals surface area contributed by atoms with Crippen LogP contribution in [-0.4, -0.2) is 37.0 Å². The van der Waals surface area contributed by atoms with E-state index in [1.54, 1.807) is 17.4 Å². The molecule has 0 aliphatic carbocycles. The van der Waals surface area contributed by atoms with Gasteiger partial charge in [-0.1, -0.05) is 12.1 Å². The first kappa shape index (κ1) is 20.3. The molecule has 0 saturated carbocycles. The molecule has 1 heterocycles. The predicted octanol–water partition coefficient (Wildman–Crippen LogP) is 2.97. The second-order valence-electron chi connectivity index (χ2n) is 5.63. The number of primary amides is 1. The Hall–Kier alpha value is -2.06. The van der Waals surface area contributed by atoms with Gasteiger partial charge in [0.15, 0.2) is 12.6 Å². The largest absolute Gasteiger partial charge is 0.484 e. The normalized spacial score (nSPS) is 11.3. The lowest BCUT2D eigenvalue weighted by Crippen LogP contribution is -2.38. The number of nitrogens with two attached hydrogens (primary N) is 1. The maximum atomic E-state index is 10.8. The monoisotopic (exact) mass is 438 g/mol. The summed E-state index contributed by atoms with van der Waals surface area (Å²) in [7, 11) is 2.02. The molecule has 26 heavy (non-hydrogen) atoms. The zero-order valence-corrected chi connectivity index (χ0v) is 17.3. The van der Waals surface area contributed by atoms with E-state index in [2.05, 4.69) is 38.3 Å². The highest BCUT2D eigenvalue weighted by Gasteiger charge is 2.08. The van der Waals surface area contributed by atoms with Gasteiger partial charge < -0.3 is 20.7 Å². The summed E-state index contributed by atoms with van der Waals surface area (Å²) in [6.45, 7) is 4.00. The number of guanidine groups is 1. The Balaban J connectivity index is 2.03. The Morgan fingerprint density at radius 1 is 1.38 bits per heavy atom. The second kappa shape index (κ2) is 10.2. The molecule has 0 unspecified atom stereocenters. The fraction of sp³-hybridized carbons (Fsp3) is 0.333. The minimum Gasteiger partial charge on any atom is -0.484 e. The standard InChI is InChI=1S/C18H23BrN4O2S/c1-3-21-18(23(2)11-15-7-8-16(19)26-15)22-10-13-5-4-6-14(9-13)25-12-17(20)24/h4-9H,3,10-12H2,1-2H3,(H2,20,24)(H,21,22). The van der Waals surface area contributed by atoms with Crippen LogP contribution in [0, 0.1) is 0 Å². The molecule has 3 N–H and O–H groups in total. The van der Waals surface area contributed by atoms with Crippen molar-refractivity contribution in [3.05, 3.63) is 50.6 Å². The van der Waals surface area contributed by atoms with Crippen LogP contribution in [0.2, 0.25) is 0 Å². The third-order valence-electron chi connectivity index (χ3n) is 3.41. The summed E-state index contributed by atoms with van der Waals surface area (Å²) in [5.41, 5.74) is 6.10. The van der Waals surface area contributed by atoms with Gasteiger partial charge in [0.1, 0.15) is 5.75 Å². The molecule has 0 aliphatic rings. The molecule has 1 aromatic carbocycles. The second-order valence-corrected chi connectivity index (χ2v) is 8.18. The van der Waals surface area contributed by atoms with Crippen molar-refractivity contribution in [3.63, 3.8) is 0 Å². The number of benzene rings is 1. The number of amides is 1. The van der Waals surface area contributed by atoms with Gasteiger partial charge in [0, 0.05) is 18.5 Å². The number of rotatable bonds is 8. The van der Waals surface area contributed by atoms with Crippen molar-refractivity contribution in [1.82, 2.24) is 10.2 Å². The Kier molecular flexibility index (Phi) is 7.93. The van der Waals surface area contributed by atoms with Crippen molar-refractivity contribution in [3.8, 4) is 5.75 Å². The van der Waals surface area contributed by atoms with Crippen LogP contribution in [0.5, 0.6) is 5.75 Å². The van der Waals surface area contributed by atoms with Crippen molar-refractivity contribution in [1.29, 1.82) is 0 Å². The van der Waals surface area contributed by atoms with E-state index in [9.17, 15) is 4.79 Å². The fourth-order valence-corrected chi connectivity index (χ4v) is 3.81. The van der Waals surface area contributed by atoms with Crippen molar-refractivity contribution in [2.75, 3.05) is 20.2 Å². The highest BCUT2D eigenvalue weighted by atomic mass is 79.9. The summed E-state index contributed by atoms with van der Waals surface area (Å²) in [6, 6.07) is 11.7. The van der Waals surface area contributed by atoms with Crippen LogP contribution < -0.4 is 15.8 Å². The summed E-state index contributed by atoms with van der Waals surface area (Å²) < 4.78 is 6.46. The summed E-state index contributed by atoms with van der Waals surface area (Å²) in [5.74, 6) is 0.948. The summed E-state index contributed by atoms with van der Waals surface area (Å²) in [6.07, 6.45) is 0. The van der Waals surface area contributed by atoms with Gasteiger partial charge in [-0.2, -0.15) is 0 Å². The van der Waals surface area contributed by atoms with Crippen molar-refractivity contribution >= 4 is 39.1 Å². The topological polar surface area (TPSA) is 80.0 Å². The summed E-state index contributed by atoms with van der Waals surface area (Å²) in [4.78, 5) is 18.9. The highest BCUT2D eigenvalue weighted by molar-refractivity contribution is 9.11. The average molecular weight is 439 g/mol. The molecule has 1 aromatic heterocycles. The quantitative estimate of drug-likeness (QED) is 0.490. The molecule has 6 nitrogen and oxygen atoms in total. The van der Waals surface area contributed by atoms with E-state index in [1.165, 1.54) is 4.88 Å². The minimum absolute atomic E-state index is 0.130. The van der Waals surface area contributed by atoms with E-state index in [1.807, 2.05) is 32.2 Å². The van der Waals surface area contributed by atoms with Crippen LogP contribution >= 0.6 is 27.3 Å². The third-order valence-corrected chi connectivity index (χ3v) is 5.02. The molecule has 0 spiro atoms. The molecule has 0 saturated heterocycles. The number of aliphatic imine (C=N–C) groups is 1. The smallest absolute Gasteiger partial charge is 0.255 e. The van der Waals surface area contributed by atoms with E-state index >= 15 is 0 Å². The molecule has 0 atom stereocenters. The minimum atomic E-state index is -0.496. The lowest BCUT2D eigenvalue weighted by molar-refractivity contribution is -0.119. The first-order chi connectivity index (χ1) is 12.5. The molecule has 0 aliphatic heterocycles. The van der Waals surface area contributed by atoms with Crippen LogP contribution in [0.1, 0.15) is 17.4 Å². The Bertz CT molecular complexity index is 763.